The van der Waals surface area contributed by atoms with E-state index in [1.165, 1.54) is 19.3 Å². The van der Waals surface area contributed by atoms with Gasteiger partial charge in [-0.05, 0) is 33.6 Å². The summed E-state index contributed by atoms with van der Waals surface area (Å²) < 4.78 is 5.38. The highest BCUT2D eigenvalue weighted by Gasteiger charge is 2.20. The first-order chi connectivity index (χ1) is 8.47. The third kappa shape index (κ3) is 15.6. The second kappa shape index (κ2) is 8.03. The van der Waals surface area contributed by atoms with Gasteiger partial charge in [0.15, 0.2) is 0 Å². The van der Waals surface area contributed by atoms with Crippen LogP contribution in [0.15, 0.2) is 0 Å². The Morgan fingerprint density at radius 1 is 1.05 bits per heavy atom. The van der Waals surface area contributed by atoms with Crippen molar-refractivity contribution in [2.45, 2.75) is 90.0 Å². The highest BCUT2D eigenvalue weighted by molar-refractivity contribution is 7.81. The normalized spacial score (nSPS) is 17.2. The van der Waals surface area contributed by atoms with E-state index in [2.05, 4.69) is 38.7 Å². The quantitative estimate of drug-likeness (QED) is 0.695. The van der Waals surface area contributed by atoms with Crippen molar-refractivity contribution >= 4 is 18.7 Å². The predicted octanol–water partition coefficient (Wildman–Crippen LogP) is 4.56. The fourth-order valence-electron chi connectivity index (χ4n) is 1.72. The van der Waals surface area contributed by atoms with Crippen LogP contribution in [-0.2, 0) is 4.74 Å². The summed E-state index contributed by atoms with van der Waals surface area (Å²) in [4.78, 5) is 11.4. The molecular weight excluding hydrogens is 258 g/mol. The van der Waals surface area contributed by atoms with Crippen LogP contribution in [0.2, 0.25) is 0 Å². The Bertz CT molecular complexity index is 254. The highest BCUT2D eigenvalue weighted by atomic mass is 32.1. The second-order valence-corrected chi connectivity index (χ2v) is 8.49. The molecule has 1 fully saturated rings. The summed E-state index contributed by atoms with van der Waals surface area (Å²) in [6, 6.07) is 0.332. The summed E-state index contributed by atoms with van der Waals surface area (Å²) >= 11 is 4.12. The highest BCUT2D eigenvalue weighted by Crippen LogP contribution is 2.18. The predicted molar refractivity (Wildman–Crippen MR) is 85.0 cm³/mol. The zero-order valence-electron chi connectivity index (χ0n) is 13.4. The van der Waals surface area contributed by atoms with E-state index in [1.54, 1.807) is 0 Å². The van der Waals surface area contributed by atoms with Gasteiger partial charge in [-0.3, -0.25) is 0 Å². The van der Waals surface area contributed by atoms with Crippen LogP contribution in [0, 0.1) is 0 Å². The molecule has 0 aromatic rings. The first-order valence-electron chi connectivity index (χ1n) is 7.19. The summed E-state index contributed by atoms with van der Waals surface area (Å²) in [5.74, 6) is 0. The van der Waals surface area contributed by atoms with Crippen molar-refractivity contribution in [2.24, 2.45) is 0 Å². The van der Waals surface area contributed by atoms with Gasteiger partial charge in [-0.25, -0.2) is 4.79 Å². The van der Waals surface area contributed by atoms with Crippen molar-refractivity contribution in [3.63, 3.8) is 0 Å². The molecule has 114 valence electrons. The van der Waals surface area contributed by atoms with Crippen LogP contribution in [0.3, 0.4) is 0 Å². The summed E-state index contributed by atoms with van der Waals surface area (Å²) in [6.07, 6.45) is 5.66. The van der Waals surface area contributed by atoms with Crippen LogP contribution in [0.5, 0.6) is 0 Å². The number of thiol groups is 1. The monoisotopic (exact) mass is 289 g/mol. The zero-order chi connectivity index (χ0) is 15.1. The minimum atomic E-state index is -0.390. The van der Waals surface area contributed by atoms with Crippen molar-refractivity contribution in [3.8, 4) is 0 Å². The molecular formula is C15H31NO2S. The number of hydrogen-bond donors (Lipinski definition) is 2. The van der Waals surface area contributed by atoms with Crippen molar-refractivity contribution in [1.82, 2.24) is 5.32 Å². The largest absolute Gasteiger partial charge is 0.444 e. The van der Waals surface area contributed by atoms with Gasteiger partial charge in [0.05, 0.1) is 0 Å². The van der Waals surface area contributed by atoms with E-state index in [9.17, 15) is 4.79 Å². The fourth-order valence-corrected chi connectivity index (χ4v) is 1.72. The van der Waals surface area contributed by atoms with E-state index < -0.39 is 5.60 Å². The van der Waals surface area contributed by atoms with E-state index in [-0.39, 0.29) is 10.8 Å². The number of alkyl carbamates (subject to hydrolysis) is 1. The minimum Gasteiger partial charge on any atom is -0.444 e. The third-order valence-corrected chi connectivity index (χ3v) is 2.33. The van der Waals surface area contributed by atoms with Gasteiger partial charge < -0.3 is 10.1 Å². The molecule has 1 aliphatic rings. The van der Waals surface area contributed by atoms with Crippen LogP contribution in [-0.4, -0.2) is 22.5 Å². The smallest absolute Gasteiger partial charge is 0.407 e. The Balaban J connectivity index is 0.000000555. The molecule has 1 aliphatic carbocycles. The molecule has 0 saturated heterocycles. The average molecular weight is 289 g/mol. The molecule has 0 bridgehead atoms. The Morgan fingerprint density at radius 2 is 1.47 bits per heavy atom. The molecule has 4 heteroatoms. The molecule has 0 spiro atoms. The number of nitrogens with one attached hydrogen (secondary N) is 1. The molecule has 0 aliphatic heterocycles. The Hall–Kier alpha value is -0.380. The summed E-state index contributed by atoms with van der Waals surface area (Å²) in [7, 11) is 0. The van der Waals surface area contributed by atoms with Gasteiger partial charge >= 0.3 is 6.09 Å². The molecule has 0 unspecified atom stereocenters. The van der Waals surface area contributed by atoms with Crippen LogP contribution in [0.25, 0.3) is 0 Å². The van der Waals surface area contributed by atoms with Gasteiger partial charge in [0.2, 0.25) is 0 Å². The van der Waals surface area contributed by atoms with Gasteiger partial charge in [0, 0.05) is 10.8 Å². The number of carbonyl (C=O) groups is 1. The van der Waals surface area contributed by atoms with Crippen LogP contribution in [0.1, 0.15) is 73.6 Å². The summed E-state index contributed by atoms with van der Waals surface area (Å²) in [6.45, 7) is 11.8. The zero-order valence-corrected chi connectivity index (χ0v) is 14.3. The molecule has 1 saturated carbocycles. The Labute approximate surface area is 124 Å². The molecule has 0 aromatic heterocycles. The Kier molecular flexibility index (Phi) is 7.87. The van der Waals surface area contributed by atoms with Crippen LogP contribution in [0.4, 0.5) is 4.79 Å². The lowest BCUT2D eigenvalue weighted by Crippen LogP contribution is -2.39. The molecule has 3 nitrogen and oxygen atoms in total. The van der Waals surface area contributed by atoms with Crippen molar-refractivity contribution in [2.75, 3.05) is 0 Å². The first-order valence-corrected chi connectivity index (χ1v) is 7.64. The van der Waals surface area contributed by atoms with Gasteiger partial charge in [-0.15, -0.1) is 0 Å². The molecule has 0 atom stereocenters. The molecule has 0 aromatic carbocycles. The second-order valence-electron chi connectivity index (χ2n) is 7.15. The molecule has 1 N–H and O–H groups in total. The topological polar surface area (TPSA) is 38.3 Å². The maximum Gasteiger partial charge on any atom is 0.407 e. The third-order valence-electron chi connectivity index (χ3n) is 2.33. The van der Waals surface area contributed by atoms with E-state index in [4.69, 9.17) is 4.74 Å². The lowest BCUT2D eigenvalue weighted by atomic mass is 9.96. The first kappa shape index (κ1) is 18.6. The maximum atomic E-state index is 11.4. The van der Waals surface area contributed by atoms with Crippen molar-refractivity contribution < 1.29 is 9.53 Å². The SMILES string of the molecule is CC(C)(C)OC(=O)NC1CCCCC1.CC(C)(C)S. The summed E-state index contributed by atoms with van der Waals surface area (Å²) in [5, 5.41) is 2.91. The molecule has 0 heterocycles. The van der Waals surface area contributed by atoms with Crippen molar-refractivity contribution in [1.29, 1.82) is 0 Å². The Morgan fingerprint density at radius 3 is 1.84 bits per heavy atom. The average Bonchev–Trinajstić information content (AvgIpc) is 2.12. The van der Waals surface area contributed by atoms with Crippen LogP contribution >= 0.6 is 12.6 Å². The lowest BCUT2D eigenvalue weighted by molar-refractivity contribution is 0.0493. The molecule has 1 amide bonds. The van der Waals surface area contributed by atoms with Gasteiger partial charge in [0.25, 0.3) is 0 Å². The van der Waals surface area contributed by atoms with E-state index in [1.807, 2.05) is 20.8 Å². The van der Waals surface area contributed by atoms with E-state index in [0.29, 0.717) is 6.04 Å². The molecule has 1 rings (SSSR count). The van der Waals surface area contributed by atoms with E-state index in [0.717, 1.165) is 12.8 Å². The molecule has 19 heavy (non-hydrogen) atoms. The standard InChI is InChI=1S/C11H21NO2.C4H10S/c1-11(2,3)14-10(13)12-9-7-5-4-6-8-9;1-4(2,3)5/h9H,4-8H2,1-3H3,(H,12,13);5H,1-3H3. The number of ether oxygens (including phenoxy) is 1. The number of amides is 1. The van der Waals surface area contributed by atoms with Gasteiger partial charge in [-0.1, -0.05) is 40.0 Å². The minimum absolute atomic E-state index is 0.194. The van der Waals surface area contributed by atoms with Crippen LogP contribution < -0.4 is 5.32 Å². The fraction of sp³-hybridized carbons (Fsp3) is 0.933. The van der Waals surface area contributed by atoms with Crippen molar-refractivity contribution in [3.05, 3.63) is 0 Å². The number of carbonyl (C=O) groups excluding carboxylic acids is 1. The van der Waals surface area contributed by atoms with E-state index >= 15 is 0 Å². The maximum absolute atomic E-state index is 11.4. The molecule has 0 radical (unpaired) electrons. The number of rotatable bonds is 1. The lowest BCUT2D eigenvalue weighted by Gasteiger charge is -2.25. The van der Waals surface area contributed by atoms with Gasteiger partial charge in [0.1, 0.15) is 5.60 Å². The van der Waals surface area contributed by atoms with Gasteiger partial charge in [-0.2, -0.15) is 12.6 Å². The summed E-state index contributed by atoms with van der Waals surface area (Å²) in [5.41, 5.74) is -0.390. The number of hydrogen-bond acceptors (Lipinski definition) is 3.